The van der Waals surface area contributed by atoms with E-state index in [-0.39, 0.29) is 0 Å². The molecular weight excluding hydrogens is 324 g/mol. The van der Waals surface area contributed by atoms with Crippen LogP contribution in [0.5, 0.6) is 0 Å². The first-order valence-corrected chi connectivity index (χ1v) is 11.4. The van der Waals surface area contributed by atoms with Gasteiger partial charge in [-0.1, -0.05) is 96.8 Å². The lowest BCUT2D eigenvalue weighted by Gasteiger charge is -2.11. The van der Waals surface area contributed by atoms with Crippen LogP contribution < -0.4 is 10.6 Å². The molecular formula is C22H46N2O2. The summed E-state index contributed by atoms with van der Waals surface area (Å²) in [7, 11) is 0. The Morgan fingerprint density at radius 1 is 0.615 bits per heavy atom. The van der Waals surface area contributed by atoms with Crippen LogP contribution in [0, 0.1) is 0 Å². The van der Waals surface area contributed by atoms with E-state index in [1.54, 1.807) is 0 Å². The zero-order valence-corrected chi connectivity index (χ0v) is 17.5. The first kappa shape index (κ1) is 25.4. The molecule has 0 amide bonds. The molecule has 0 aliphatic carbocycles. The van der Waals surface area contributed by atoms with E-state index in [4.69, 9.17) is 5.11 Å². The molecule has 1 aliphatic heterocycles. The first-order chi connectivity index (χ1) is 12.8. The number of rotatable bonds is 16. The molecule has 0 aromatic heterocycles. The maximum atomic E-state index is 10.3. The molecule has 0 aromatic rings. The number of hydrogen-bond donors (Lipinski definition) is 3. The summed E-state index contributed by atoms with van der Waals surface area (Å²) < 4.78 is 0. The summed E-state index contributed by atoms with van der Waals surface area (Å²) in [6.45, 7) is 6.83. The van der Waals surface area contributed by atoms with Gasteiger partial charge in [-0.05, 0) is 6.42 Å². The second-order valence-electron chi connectivity index (χ2n) is 7.59. The summed E-state index contributed by atoms with van der Waals surface area (Å²) in [4.78, 5) is 10.3. The Kier molecular flexibility index (Phi) is 21.9. The van der Waals surface area contributed by atoms with Crippen molar-refractivity contribution in [2.45, 2.75) is 110 Å². The third-order valence-electron chi connectivity index (χ3n) is 4.95. The molecule has 1 fully saturated rings. The lowest BCUT2D eigenvalue weighted by Crippen LogP contribution is -2.39. The van der Waals surface area contributed by atoms with Crippen LogP contribution in [0.25, 0.3) is 0 Å². The molecule has 26 heavy (non-hydrogen) atoms. The van der Waals surface area contributed by atoms with Gasteiger partial charge in [-0.15, -0.1) is 0 Å². The predicted molar refractivity (Wildman–Crippen MR) is 113 cm³/mol. The Morgan fingerprint density at radius 3 is 1.19 bits per heavy atom. The highest BCUT2D eigenvalue weighted by atomic mass is 16.4. The summed E-state index contributed by atoms with van der Waals surface area (Å²) in [5.74, 6) is -0.653. The fraction of sp³-hybridized carbons (Fsp3) is 0.955. The summed E-state index contributed by atoms with van der Waals surface area (Å²) in [5.41, 5.74) is 0. The van der Waals surface area contributed by atoms with Crippen molar-refractivity contribution in [2.24, 2.45) is 0 Å². The number of aliphatic carboxylic acids is 1. The van der Waals surface area contributed by atoms with Gasteiger partial charge < -0.3 is 15.7 Å². The molecule has 1 heterocycles. The van der Waals surface area contributed by atoms with Gasteiger partial charge >= 0.3 is 5.97 Å². The molecule has 0 atom stereocenters. The van der Waals surface area contributed by atoms with Crippen molar-refractivity contribution in [3.05, 3.63) is 0 Å². The monoisotopic (exact) mass is 370 g/mol. The standard InChI is InChI=1S/C18H36O2.C4H10N2/c1-2-3-4-5-6-7-8-9-10-11-12-13-14-15-16-17-18(19)20;1-2-6-4-3-5-1/h2-17H2,1H3,(H,19,20);5-6H,1-4H2. The fourth-order valence-corrected chi connectivity index (χ4v) is 3.25. The van der Waals surface area contributed by atoms with E-state index in [0.717, 1.165) is 39.0 Å². The van der Waals surface area contributed by atoms with Crippen LogP contribution in [0.3, 0.4) is 0 Å². The van der Waals surface area contributed by atoms with Gasteiger partial charge in [0.1, 0.15) is 0 Å². The Labute approximate surface area is 162 Å². The van der Waals surface area contributed by atoms with Crippen LogP contribution in [-0.4, -0.2) is 37.3 Å². The summed E-state index contributed by atoms with van der Waals surface area (Å²) in [6.07, 6.45) is 20.2. The molecule has 156 valence electrons. The van der Waals surface area contributed by atoms with Crippen LogP contribution in [0.1, 0.15) is 110 Å². The zero-order chi connectivity index (χ0) is 19.1. The maximum Gasteiger partial charge on any atom is 0.303 e. The lowest BCUT2D eigenvalue weighted by molar-refractivity contribution is -0.137. The van der Waals surface area contributed by atoms with Crippen molar-refractivity contribution in [1.29, 1.82) is 0 Å². The minimum Gasteiger partial charge on any atom is -0.481 e. The largest absolute Gasteiger partial charge is 0.481 e. The van der Waals surface area contributed by atoms with Gasteiger partial charge in [0.2, 0.25) is 0 Å². The summed E-state index contributed by atoms with van der Waals surface area (Å²) >= 11 is 0. The average molecular weight is 371 g/mol. The van der Waals surface area contributed by atoms with Crippen LogP contribution >= 0.6 is 0 Å². The molecule has 1 aliphatic rings. The highest BCUT2D eigenvalue weighted by Gasteiger charge is 1.97. The van der Waals surface area contributed by atoms with Crippen molar-refractivity contribution in [2.75, 3.05) is 26.2 Å². The van der Waals surface area contributed by atoms with Gasteiger partial charge in [-0.2, -0.15) is 0 Å². The van der Waals surface area contributed by atoms with Gasteiger partial charge in [0.15, 0.2) is 0 Å². The van der Waals surface area contributed by atoms with Gasteiger partial charge in [0.05, 0.1) is 0 Å². The Bertz CT molecular complexity index is 270. The molecule has 0 unspecified atom stereocenters. The second kappa shape index (κ2) is 22.4. The molecule has 4 heteroatoms. The number of carbonyl (C=O) groups is 1. The summed E-state index contributed by atoms with van der Waals surface area (Å²) in [5, 5.41) is 15.0. The first-order valence-electron chi connectivity index (χ1n) is 11.4. The molecule has 3 N–H and O–H groups in total. The lowest BCUT2D eigenvalue weighted by atomic mass is 10.0. The highest BCUT2D eigenvalue weighted by Crippen LogP contribution is 2.13. The minimum atomic E-state index is -0.653. The van der Waals surface area contributed by atoms with Gasteiger partial charge in [-0.25, -0.2) is 0 Å². The molecule has 0 spiro atoms. The van der Waals surface area contributed by atoms with Crippen LogP contribution in [0.2, 0.25) is 0 Å². The predicted octanol–water partition coefficient (Wildman–Crippen LogP) is 5.51. The number of carboxylic acids is 1. The molecule has 4 nitrogen and oxygen atoms in total. The number of hydrogen-bond acceptors (Lipinski definition) is 3. The van der Waals surface area contributed by atoms with Crippen molar-refractivity contribution in [3.63, 3.8) is 0 Å². The molecule has 0 saturated carbocycles. The molecule has 1 rings (SSSR count). The SMILES string of the molecule is C1CNCCN1.CCCCCCCCCCCCCCCCCC(=O)O. The third-order valence-corrected chi connectivity index (χ3v) is 4.95. The zero-order valence-electron chi connectivity index (χ0n) is 17.5. The van der Waals surface area contributed by atoms with Crippen LogP contribution in [0.15, 0.2) is 0 Å². The van der Waals surface area contributed by atoms with Crippen molar-refractivity contribution >= 4 is 5.97 Å². The van der Waals surface area contributed by atoms with E-state index in [1.807, 2.05) is 0 Å². The molecule has 0 radical (unpaired) electrons. The van der Waals surface area contributed by atoms with Crippen LogP contribution in [-0.2, 0) is 4.79 Å². The van der Waals surface area contributed by atoms with Crippen molar-refractivity contribution in [1.82, 2.24) is 10.6 Å². The summed E-state index contributed by atoms with van der Waals surface area (Å²) in [6, 6.07) is 0. The number of carboxylic acid groups (broad SMARTS) is 1. The average Bonchev–Trinajstić information content (AvgIpc) is 2.66. The van der Waals surface area contributed by atoms with E-state index >= 15 is 0 Å². The van der Waals surface area contributed by atoms with E-state index in [1.165, 1.54) is 83.5 Å². The van der Waals surface area contributed by atoms with E-state index in [2.05, 4.69) is 17.6 Å². The number of piperazine rings is 1. The minimum absolute atomic E-state index is 0.345. The highest BCUT2D eigenvalue weighted by molar-refractivity contribution is 5.66. The Morgan fingerprint density at radius 2 is 0.923 bits per heavy atom. The quantitative estimate of drug-likeness (QED) is 0.313. The number of nitrogens with one attached hydrogen (secondary N) is 2. The fourth-order valence-electron chi connectivity index (χ4n) is 3.25. The van der Waals surface area contributed by atoms with Gasteiger partial charge in [-0.3, -0.25) is 4.79 Å². The Balaban J connectivity index is 0.000000867. The van der Waals surface area contributed by atoms with Crippen molar-refractivity contribution in [3.8, 4) is 0 Å². The maximum absolute atomic E-state index is 10.3. The molecule has 0 bridgehead atoms. The van der Waals surface area contributed by atoms with Gasteiger partial charge in [0, 0.05) is 32.6 Å². The second-order valence-corrected chi connectivity index (χ2v) is 7.59. The Hall–Kier alpha value is -0.610. The third kappa shape index (κ3) is 23.4. The number of unbranched alkanes of at least 4 members (excludes halogenated alkanes) is 14. The van der Waals surface area contributed by atoms with E-state index in [9.17, 15) is 4.79 Å². The van der Waals surface area contributed by atoms with Crippen molar-refractivity contribution < 1.29 is 9.90 Å². The van der Waals surface area contributed by atoms with Gasteiger partial charge in [0.25, 0.3) is 0 Å². The molecule has 1 saturated heterocycles. The smallest absolute Gasteiger partial charge is 0.303 e. The molecule has 0 aromatic carbocycles. The van der Waals surface area contributed by atoms with Crippen LogP contribution in [0.4, 0.5) is 0 Å². The topological polar surface area (TPSA) is 61.4 Å². The van der Waals surface area contributed by atoms with E-state index in [0.29, 0.717) is 6.42 Å². The van der Waals surface area contributed by atoms with E-state index < -0.39 is 5.97 Å². The normalized spacial score (nSPS) is 13.9.